The summed E-state index contributed by atoms with van der Waals surface area (Å²) in [5.74, 6) is -2.29. The van der Waals surface area contributed by atoms with Gasteiger partial charge in [0.05, 0.1) is 12.8 Å². The third-order valence-electron chi connectivity index (χ3n) is 5.12. The molecule has 3 rings (SSSR count). The molecule has 1 saturated heterocycles. The summed E-state index contributed by atoms with van der Waals surface area (Å²) in [6.45, 7) is 0. The molecule has 7 heteroatoms. The molecule has 0 aromatic heterocycles. The highest BCUT2D eigenvalue weighted by Crippen LogP contribution is 2.37. The monoisotopic (exact) mass is 378 g/mol. The number of anilines is 1. The number of alkyl halides is 2. The molecule has 1 aromatic rings. The largest absolute Gasteiger partial charge is 0.495 e. The molecule has 146 valence electrons. The normalized spacial score (nSPS) is 22.6. The number of benzene rings is 1. The summed E-state index contributed by atoms with van der Waals surface area (Å²) in [6.07, 6.45) is 5.48. The Morgan fingerprint density at radius 1 is 1.30 bits per heavy atom. The maximum atomic E-state index is 13.2. The van der Waals surface area contributed by atoms with E-state index in [4.69, 9.17) is 4.74 Å². The van der Waals surface area contributed by atoms with Crippen LogP contribution in [0.25, 0.3) is 6.08 Å². The quantitative estimate of drug-likeness (QED) is 0.820. The predicted molar refractivity (Wildman–Crippen MR) is 98.7 cm³/mol. The third-order valence-corrected chi connectivity index (χ3v) is 5.12. The summed E-state index contributed by atoms with van der Waals surface area (Å²) in [7, 11) is 1.51. The van der Waals surface area contributed by atoms with Crippen LogP contribution in [0, 0.1) is 5.92 Å². The molecule has 2 N–H and O–H groups in total. The van der Waals surface area contributed by atoms with Gasteiger partial charge in [-0.2, -0.15) is 0 Å². The minimum absolute atomic E-state index is 0.0704. The van der Waals surface area contributed by atoms with Gasteiger partial charge >= 0.3 is 0 Å². The van der Waals surface area contributed by atoms with Crippen molar-refractivity contribution in [3.05, 3.63) is 29.8 Å². The molecule has 1 atom stereocenters. The number of hydrogen-bond acceptors (Lipinski definition) is 3. The van der Waals surface area contributed by atoms with Gasteiger partial charge in [0.15, 0.2) is 0 Å². The second-order valence-electron chi connectivity index (χ2n) is 7.16. The number of methoxy groups -OCH3 is 1. The van der Waals surface area contributed by atoms with Crippen LogP contribution in [0.15, 0.2) is 24.3 Å². The number of carbonyl (C=O) groups is 2. The van der Waals surface area contributed by atoms with E-state index in [2.05, 4.69) is 10.6 Å². The van der Waals surface area contributed by atoms with Crippen molar-refractivity contribution in [2.45, 2.75) is 50.5 Å². The topological polar surface area (TPSA) is 67.4 Å². The lowest BCUT2D eigenvalue weighted by molar-refractivity contribution is -0.122. The van der Waals surface area contributed by atoms with E-state index in [1.54, 1.807) is 12.1 Å². The summed E-state index contributed by atoms with van der Waals surface area (Å²) in [5, 5.41) is 5.44. The van der Waals surface area contributed by atoms with Crippen LogP contribution in [0.1, 0.15) is 44.1 Å². The molecule has 1 unspecified atom stereocenters. The Labute approximate surface area is 157 Å². The first-order valence-electron chi connectivity index (χ1n) is 9.20. The Balaban J connectivity index is 1.67. The van der Waals surface area contributed by atoms with Gasteiger partial charge in [-0.05, 0) is 42.9 Å². The van der Waals surface area contributed by atoms with Gasteiger partial charge in [0.25, 0.3) is 0 Å². The van der Waals surface area contributed by atoms with Crippen LogP contribution in [0.5, 0.6) is 5.75 Å². The number of rotatable bonds is 5. The molecule has 2 amide bonds. The van der Waals surface area contributed by atoms with E-state index in [1.807, 2.05) is 18.2 Å². The SMILES string of the molecule is COc1ccc(C=CC2CCC(F)(F)CC2)cc1NC(=O)C1CCC(=O)N1. The van der Waals surface area contributed by atoms with Crippen molar-refractivity contribution in [2.24, 2.45) is 5.92 Å². The first-order valence-corrected chi connectivity index (χ1v) is 9.20. The molecule has 1 saturated carbocycles. The maximum Gasteiger partial charge on any atom is 0.248 e. The van der Waals surface area contributed by atoms with Crippen LogP contribution in [0.4, 0.5) is 14.5 Å². The summed E-state index contributed by atoms with van der Waals surface area (Å²) >= 11 is 0. The van der Waals surface area contributed by atoms with E-state index in [1.165, 1.54) is 7.11 Å². The summed E-state index contributed by atoms with van der Waals surface area (Å²) in [5.41, 5.74) is 1.36. The van der Waals surface area contributed by atoms with Gasteiger partial charge in [-0.25, -0.2) is 8.78 Å². The van der Waals surface area contributed by atoms with Crippen molar-refractivity contribution < 1.29 is 23.1 Å². The standard InChI is InChI=1S/C20H24F2N2O3/c1-27-17-6-4-14(3-2-13-8-10-20(21,22)11-9-13)12-16(17)24-19(26)15-5-7-18(25)23-15/h2-4,6,12-13,15H,5,7-11H2,1H3,(H,23,25)(H,24,26). The van der Waals surface area contributed by atoms with Crippen molar-refractivity contribution in [3.8, 4) is 5.75 Å². The number of hydrogen-bond donors (Lipinski definition) is 2. The zero-order valence-electron chi connectivity index (χ0n) is 15.3. The first-order chi connectivity index (χ1) is 12.9. The van der Waals surface area contributed by atoms with E-state index in [9.17, 15) is 18.4 Å². The molecular weight excluding hydrogens is 354 g/mol. The molecule has 5 nitrogen and oxygen atoms in total. The van der Waals surface area contributed by atoms with Gasteiger partial charge in [0.2, 0.25) is 17.7 Å². The van der Waals surface area contributed by atoms with Crippen LogP contribution in [-0.4, -0.2) is 30.9 Å². The van der Waals surface area contributed by atoms with Crippen LogP contribution >= 0.6 is 0 Å². The smallest absolute Gasteiger partial charge is 0.248 e. The van der Waals surface area contributed by atoms with Crippen molar-refractivity contribution in [3.63, 3.8) is 0 Å². The summed E-state index contributed by atoms with van der Waals surface area (Å²) in [6, 6.07) is 4.84. The third kappa shape index (κ3) is 5.05. The van der Waals surface area contributed by atoms with Crippen molar-refractivity contribution in [1.29, 1.82) is 0 Å². The maximum absolute atomic E-state index is 13.2. The lowest BCUT2D eigenvalue weighted by atomic mass is 9.86. The van der Waals surface area contributed by atoms with E-state index >= 15 is 0 Å². The average Bonchev–Trinajstić information content (AvgIpc) is 3.07. The van der Waals surface area contributed by atoms with E-state index in [0.29, 0.717) is 37.1 Å². The first kappa shape index (κ1) is 19.3. The van der Waals surface area contributed by atoms with Crippen LogP contribution in [-0.2, 0) is 9.59 Å². The predicted octanol–water partition coefficient (Wildman–Crippen LogP) is 3.75. The summed E-state index contributed by atoms with van der Waals surface area (Å²) in [4.78, 5) is 23.6. The number of amides is 2. The number of ether oxygens (including phenoxy) is 1. The van der Waals surface area contributed by atoms with Crippen LogP contribution < -0.4 is 15.4 Å². The molecular formula is C20H24F2N2O3. The Morgan fingerprint density at radius 2 is 2.04 bits per heavy atom. The van der Waals surface area contributed by atoms with E-state index in [0.717, 1.165) is 5.56 Å². The second kappa shape index (κ2) is 8.06. The van der Waals surface area contributed by atoms with Gasteiger partial charge in [0, 0.05) is 19.3 Å². The fourth-order valence-corrected chi connectivity index (χ4v) is 3.46. The van der Waals surface area contributed by atoms with Crippen molar-refractivity contribution in [2.75, 3.05) is 12.4 Å². The van der Waals surface area contributed by atoms with Crippen LogP contribution in [0.3, 0.4) is 0 Å². The van der Waals surface area contributed by atoms with E-state index < -0.39 is 12.0 Å². The zero-order valence-corrected chi connectivity index (χ0v) is 15.3. The molecule has 0 spiro atoms. The number of nitrogens with one attached hydrogen (secondary N) is 2. The Bertz CT molecular complexity index is 739. The molecule has 27 heavy (non-hydrogen) atoms. The number of carbonyl (C=O) groups excluding carboxylic acids is 2. The molecule has 2 aliphatic rings. The fraction of sp³-hybridized carbons (Fsp3) is 0.500. The number of allylic oxidation sites excluding steroid dienone is 1. The minimum Gasteiger partial charge on any atom is -0.495 e. The van der Waals surface area contributed by atoms with Gasteiger partial charge in [-0.15, -0.1) is 0 Å². The van der Waals surface area contributed by atoms with Crippen molar-refractivity contribution in [1.82, 2.24) is 5.32 Å². The highest BCUT2D eigenvalue weighted by molar-refractivity contribution is 6.00. The van der Waals surface area contributed by atoms with Crippen molar-refractivity contribution >= 4 is 23.6 Å². The molecule has 0 radical (unpaired) electrons. The molecule has 1 aliphatic carbocycles. The molecule has 2 fully saturated rings. The fourth-order valence-electron chi connectivity index (χ4n) is 3.46. The van der Waals surface area contributed by atoms with Gasteiger partial charge in [-0.1, -0.05) is 18.2 Å². The molecule has 1 aliphatic heterocycles. The van der Waals surface area contributed by atoms with E-state index in [-0.39, 0.29) is 30.6 Å². The second-order valence-corrected chi connectivity index (χ2v) is 7.16. The zero-order chi connectivity index (χ0) is 19.4. The lowest BCUT2D eigenvalue weighted by Gasteiger charge is -2.26. The highest BCUT2D eigenvalue weighted by Gasteiger charge is 2.34. The van der Waals surface area contributed by atoms with Gasteiger partial charge in [0.1, 0.15) is 11.8 Å². The Morgan fingerprint density at radius 3 is 2.67 bits per heavy atom. The minimum atomic E-state index is -2.53. The highest BCUT2D eigenvalue weighted by atomic mass is 19.3. The Kier molecular flexibility index (Phi) is 5.77. The Hall–Kier alpha value is -2.44. The lowest BCUT2D eigenvalue weighted by Crippen LogP contribution is -2.37. The van der Waals surface area contributed by atoms with Gasteiger partial charge in [-0.3, -0.25) is 9.59 Å². The van der Waals surface area contributed by atoms with Gasteiger partial charge < -0.3 is 15.4 Å². The van der Waals surface area contributed by atoms with Crippen LogP contribution in [0.2, 0.25) is 0 Å². The molecule has 0 bridgehead atoms. The molecule has 1 heterocycles. The number of halogens is 2. The average molecular weight is 378 g/mol. The molecule has 1 aromatic carbocycles. The summed E-state index contributed by atoms with van der Waals surface area (Å²) < 4.78 is 31.8.